The van der Waals surface area contributed by atoms with Crippen molar-refractivity contribution in [3.05, 3.63) is 76.1 Å². The number of nitrogens with one attached hydrogen (secondary N) is 1. The van der Waals surface area contributed by atoms with Gasteiger partial charge in [0.05, 0.1) is 12.7 Å². The lowest BCUT2D eigenvalue weighted by molar-refractivity contribution is -0.140. The molecule has 0 fully saturated rings. The van der Waals surface area contributed by atoms with Crippen LogP contribution in [0.1, 0.15) is 53.4 Å². The number of carbonyl (C=O) groups excluding carboxylic acids is 4. The molecule has 1 heterocycles. The van der Waals surface area contributed by atoms with Gasteiger partial charge in [-0.1, -0.05) is 37.3 Å². The zero-order valence-electron chi connectivity index (χ0n) is 22.4. The number of hydrogen-bond donors (Lipinski definition) is 2. The maximum atomic E-state index is 13.7. The smallest absolute Gasteiger partial charge is 0.259 e. The second kappa shape index (κ2) is 9.38. The van der Waals surface area contributed by atoms with Gasteiger partial charge >= 0.3 is 0 Å². The number of carbonyl (C=O) groups is 4. The first-order valence-electron chi connectivity index (χ1n) is 12.8. The monoisotopic (exact) mass is 527 g/mol. The van der Waals surface area contributed by atoms with Crippen LogP contribution < -0.4 is 14.8 Å². The highest BCUT2D eigenvalue weighted by Crippen LogP contribution is 2.56. The van der Waals surface area contributed by atoms with E-state index in [-0.39, 0.29) is 40.7 Å². The Morgan fingerprint density at radius 2 is 1.85 bits per heavy atom. The van der Waals surface area contributed by atoms with Crippen LogP contribution in [0.25, 0.3) is 10.8 Å². The summed E-state index contributed by atoms with van der Waals surface area (Å²) in [5.41, 5.74) is 1.63. The average Bonchev–Trinajstić information content (AvgIpc) is 3.20. The number of allylic oxidation sites excluding steroid dienone is 2. The lowest BCUT2D eigenvalue weighted by Gasteiger charge is -2.30. The number of Topliss-reactive ketones (excluding diaryl/α,β-unsaturated/α-hetero) is 2. The molecule has 0 saturated heterocycles. The minimum atomic E-state index is -1.62. The molecule has 2 N–H and O–H groups in total. The third kappa shape index (κ3) is 3.81. The molecule has 3 aromatic rings. The summed E-state index contributed by atoms with van der Waals surface area (Å²) < 4.78 is 11.4. The highest BCUT2D eigenvalue weighted by atomic mass is 16.5. The second-order valence-corrected chi connectivity index (χ2v) is 10.1. The standard InChI is InChI=1S/C31H29NO7/c1-6-17-11-15(2)18-9-7-8-10-19(18)20(17)14-32-30(37)26-23(38-5)12-22(35)27-28(26)39-24-13-21(34)25(16(3)33)29(36)31(24,27)4/h7-13,25,35H,6,14H2,1-5H3,(H,32,37)/t25?,31-/m1/s1. The summed E-state index contributed by atoms with van der Waals surface area (Å²) in [6, 6.07) is 11.4. The number of rotatable bonds is 6. The van der Waals surface area contributed by atoms with Gasteiger partial charge in [0.25, 0.3) is 5.91 Å². The van der Waals surface area contributed by atoms with Crippen LogP contribution in [-0.4, -0.2) is 35.5 Å². The predicted molar refractivity (Wildman–Crippen MR) is 144 cm³/mol. The topological polar surface area (TPSA) is 119 Å². The molecule has 2 atom stereocenters. The molecule has 0 radical (unpaired) electrons. The molecule has 0 bridgehead atoms. The molecule has 200 valence electrons. The lowest BCUT2D eigenvalue weighted by atomic mass is 9.67. The molecule has 39 heavy (non-hydrogen) atoms. The van der Waals surface area contributed by atoms with E-state index in [0.29, 0.717) is 0 Å². The number of benzene rings is 3. The molecular weight excluding hydrogens is 498 g/mol. The Kier molecular flexibility index (Phi) is 6.29. The fraction of sp³-hybridized carbons (Fsp3) is 0.290. The fourth-order valence-corrected chi connectivity index (χ4v) is 5.82. The molecule has 1 amide bonds. The van der Waals surface area contributed by atoms with E-state index in [9.17, 15) is 24.3 Å². The summed E-state index contributed by atoms with van der Waals surface area (Å²) in [6.07, 6.45) is 1.88. The number of fused-ring (bicyclic) bond motifs is 4. The number of aromatic hydroxyl groups is 1. The highest BCUT2D eigenvalue weighted by Gasteiger charge is 2.58. The molecule has 1 aliphatic carbocycles. The molecule has 0 saturated carbocycles. The maximum absolute atomic E-state index is 13.7. The van der Waals surface area contributed by atoms with E-state index in [4.69, 9.17) is 9.47 Å². The zero-order valence-corrected chi connectivity index (χ0v) is 22.4. The number of methoxy groups -OCH3 is 1. The average molecular weight is 528 g/mol. The van der Waals surface area contributed by atoms with Crippen molar-refractivity contribution in [1.82, 2.24) is 5.32 Å². The van der Waals surface area contributed by atoms with E-state index < -0.39 is 34.6 Å². The van der Waals surface area contributed by atoms with E-state index in [1.807, 2.05) is 24.3 Å². The van der Waals surface area contributed by atoms with Crippen molar-refractivity contribution in [1.29, 1.82) is 0 Å². The van der Waals surface area contributed by atoms with Crippen LogP contribution in [0.15, 0.2) is 48.2 Å². The highest BCUT2D eigenvalue weighted by molar-refractivity contribution is 6.27. The van der Waals surface area contributed by atoms with Gasteiger partial charge in [0.2, 0.25) is 0 Å². The second-order valence-electron chi connectivity index (χ2n) is 10.1. The third-order valence-corrected chi connectivity index (χ3v) is 7.86. The van der Waals surface area contributed by atoms with Gasteiger partial charge in [0.15, 0.2) is 17.3 Å². The van der Waals surface area contributed by atoms with Gasteiger partial charge in [0.1, 0.15) is 39.9 Å². The van der Waals surface area contributed by atoms with Crippen molar-refractivity contribution in [2.75, 3.05) is 7.11 Å². The summed E-state index contributed by atoms with van der Waals surface area (Å²) in [4.78, 5) is 51.9. The summed E-state index contributed by atoms with van der Waals surface area (Å²) in [7, 11) is 1.35. The van der Waals surface area contributed by atoms with E-state index in [1.54, 1.807) is 0 Å². The van der Waals surface area contributed by atoms with E-state index >= 15 is 0 Å². The Hall–Kier alpha value is -4.46. The maximum Gasteiger partial charge on any atom is 0.259 e. The number of hydrogen-bond acceptors (Lipinski definition) is 7. The van der Waals surface area contributed by atoms with Crippen LogP contribution in [0.4, 0.5) is 0 Å². The molecule has 5 rings (SSSR count). The van der Waals surface area contributed by atoms with Crippen LogP contribution in [0.2, 0.25) is 0 Å². The van der Waals surface area contributed by atoms with Gasteiger partial charge < -0.3 is 19.9 Å². The molecule has 8 heteroatoms. The molecule has 8 nitrogen and oxygen atoms in total. The van der Waals surface area contributed by atoms with Crippen LogP contribution in [0, 0.1) is 12.8 Å². The van der Waals surface area contributed by atoms with Crippen LogP contribution in [-0.2, 0) is 32.8 Å². The third-order valence-electron chi connectivity index (χ3n) is 7.86. The summed E-state index contributed by atoms with van der Waals surface area (Å²) in [6.45, 7) is 6.98. The first kappa shape index (κ1) is 26.2. The Morgan fingerprint density at radius 3 is 2.49 bits per heavy atom. The SMILES string of the molecule is CCc1cc(C)c2ccccc2c1CNC(=O)c1c(OC)cc(O)c2c1OC1=CC(=O)C(C(C)=O)C(=O)[C@]12C. The largest absolute Gasteiger partial charge is 0.507 e. The summed E-state index contributed by atoms with van der Waals surface area (Å²) in [5.74, 6) is -4.46. The summed E-state index contributed by atoms with van der Waals surface area (Å²) in [5, 5.41) is 16.0. The molecule has 0 spiro atoms. The first-order valence-corrected chi connectivity index (χ1v) is 12.8. The van der Waals surface area contributed by atoms with Crippen LogP contribution in [0.5, 0.6) is 17.2 Å². The van der Waals surface area contributed by atoms with Gasteiger partial charge in [-0.25, -0.2) is 0 Å². The van der Waals surface area contributed by atoms with E-state index in [2.05, 4.69) is 25.2 Å². The van der Waals surface area contributed by atoms with Gasteiger partial charge in [-0.15, -0.1) is 0 Å². The van der Waals surface area contributed by atoms with Gasteiger partial charge in [0, 0.05) is 18.7 Å². The van der Waals surface area contributed by atoms with Gasteiger partial charge in [-0.2, -0.15) is 0 Å². The lowest BCUT2D eigenvalue weighted by Crippen LogP contribution is -2.47. The van der Waals surface area contributed by atoms with Crippen LogP contribution >= 0.6 is 0 Å². The molecule has 0 aromatic heterocycles. The summed E-state index contributed by atoms with van der Waals surface area (Å²) >= 11 is 0. The Labute approximate surface area is 225 Å². The van der Waals surface area contributed by atoms with Crippen molar-refractivity contribution in [2.45, 2.75) is 46.1 Å². The number of amides is 1. The van der Waals surface area contributed by atoms with E-state index in [1.165, 1.54) is 27.0 Å². The predicted octanol–water partition coefficient (Wildman–Crippen LogP) is 4.25. The normalized spacial score (nSPS) is 19.7. The number of ketones is 3. The van der Waals surface area contributed by atoms with Crippen LogP contribution in [0.3, 0.4) is 0 Å². The van der Waals surface area contributed by atoms with Crippen molar-refractivity contribution >= 4 is 34.0 Å². The number of ether oxygens (including phenoxy) is 2. The van der Waals surface area contributed by atoms with Crippen molar-refractivity contribution < 1.29 is 33.8 Å². The zero-order chi connectivity index (χ0) is 28.2. The number of phenolic OH excluding ortho intramolecular Hbond substituents is 1. The molecule has 1 unspecified atom stereocenters. The Bertz CT molecular complexity index is 1630. The van der Waals surface area contributed by atoms with Crippen molar-refractivity contribution in [3.8, 4) is 17.2 Å². The Balaban J connectivity index is 1.60. The fourth-order valence-electron chi connectivity index (χ4n) is 5.82. The Morgan fingerprint density at radius 1 is 1.15 bits per heavy atom. The number of phenols is 1. The van der Waals surface area contributed by atoms with Gasteiger partial charge in [-0.05, 0) is 54.7 Å². The van der Waals surface area contributed by atoms with Crippen molar-refractivity contribution in [2.24, 2.45) is 5.92 Å². The molecular formula is C31H29NO7. The van der Waals surface area contributed by atoms with Gasteiger partial charge in [-0.3, -0.25) is 19.2 Å². The first-order chi connectivity index (χ1) is 18.5. The van der Waals surface area contributed by atoms with E-state index in [0.717, 1.165) is 40.0 Å². The molecule has 2 aliphatic rings. The number of aryl methyl sites for hydroxylation is 2. The molecule has 3 aromatic carbocycles. The quantitative estimate of drug-likeness (QED) is 0.460. The molecule has 1 aliphatic heterocycles. The van der Waals surface area contributed by atoms with Crippen molar-refractivity contribution in [3.63, 3.8) is 0 Å². The minimum absolute atomic E-state index is 0.0177. The minimum Gasteiger partial charge on any atom is -0.507 e.